The predicted octanol–water partition coefficient (Wildman–Crippen LogP) is 4.03. The van der Waals surface area contributed by atoms with Gasteiger partial charge in [-0.1, -0.05) is 47.1 Å². The van der Waals surface area contributed by atoms with E-state index in [9.17, 15) is 19.5 Å². The minimum Gasteiger partial charge on any atom is -0.497 e. The van der Waals surface area contributed by atoms with Gasteiger partial charge in [-0.25, -0.2) is 4.79 Å². The quantitative estimate of drug-likeness (QED) is 0.527. The number of amides is 2. The Kier molecular flexibility index (Phi) is 7.13. The largest absolute Gasteiger partial charge is 0.497 e. The van der Waals surface area contributed by atoms with Crippen LogP contribution >= 0.6 is 46.7 Å². The number of carboxylic acid groups (broad SMARTS) is 1. The summed E-state index contributed by atoms with van der Waals surface area (Å²) in [5.74, 6) is -0.942. The van der Waals surface area contributed by atoms with Gasteiger partial charge < -0.3 is 15.2 Å². The Balaban J connectivity index is 1.47. The highest BCUT2D eigenvalue weighted by Gasteiger charge is 2.54. The van der Waals surface area contributed by atoms with Crippen LogP contribution in [0.5, 0.6) is 5.75 Å². The first kappa shape index (κ1) is 23.8. The fourth-order valence-electron chi connectivity index (χ4n) is 3.51. The van der Waals surface area contributed by atoms with Crippen LogP contribution in [0.15, 0.2) is 58.0 Å². The van der Waals surface area contributed by atoms with E-state index in [0.717, 1.165) is 5.56 Å². The number of hydrogen-bond donors (Lipinski definition) is 2. The number of rotatable bonds is 7. The van der Waals surface area contributed by atoms with Crippen LogP contribution in [-0.2, 0) is 20.8 Å². The molecular weight excluding hydrogens is 507 g/mol. The normalized spacial score (nSPS) is 19.6. The molecule has 0 aromatic heterocycles. The van der Waals surface area contributed by atoms with Crippen molar-refractivity contribution in [1.82, 2.24) is 10.2 Å². The second-order valence-corrected chi connectivity index (χ2v) is 10.3. The minimum atomic E-state index is -1.21. The maximum Gasteiger partial charge on any atom is 0.353 e. The van der Waals surface area contributed by atoms with Crippen LogP contribution in [-0.4, -0.2) is 52.1 Å². The van der Waals surface area contributed by atoms with Crippen molar-refractivity contribution in [3.05, 3.63) is 68.7 Å². The molecule has 2 aromatic carbocycles. The summed E-state index contributed by atoms with van der Waals surface area (Å²) in [6.45, 7) is 0. The van der Waals surface area contributed by atoms with Crippen molar-refractivity contribution in [2.45, 2.75) is 22.7 Å². The summed E-state index contributed by atoms with van der Waals surface area (Å²) in [5.41, 5.74) is 0.682. The third-order valence-corrected chi connectivity index (χ3v) is 8.38. The molecule has 11 heteroatoms. The minimum absolute atomic E-state index is 0.0922. The van der Waals surface area contributed by atoms with Crippen LogP contribution in [0.1, 0.15) is 5.56 Å². The molecule has 33 heavy (non-hydrogen) atoms. The molecule has 0 bridgehead atoms. The lowest BCUT2D eigenvalue weighted by atomic mass is 10.0. The smallest absolute Gasteiger partial charge is 0.353 e. The summed E-state index contributed by atoms with van der Waals surface area (Å²) >= 11 is 14.8. The van der Waals surface area contributed by atoms with E-state index in [1.54, 1.807) is 49.6 Å². The number of hydrogen-bond acceptors (Lipinski definition) is 6. The second kappa shape index (κ2) is 9.89. The molecule has 0 unspecified atom stereocenters. The number of nitrogens with one attached hydrogen (secondary N) is 1. The van der Waals surface area contributed by atoms with Crippen LogP contribution in [0.4, 0.5) is 0 Å². The van der Waals surface area contributed by atoms with Gasteiger partial charge in [-0.3, -0.25) is 14.5 Å². The van der Waals surface area contributed by atoms with E-state index in [0.29, 0.717) is 31.3 Å². The summed E-state index contributed by atoms with van der Waals surface area (Å²) < 4.78 is 5.10. The molecule has 0 spiro atoms. The van der Waals surface area contributed by atoms with Crippen molar-refractivity contribution in [1.29, 1.82) is 0 Å². The summed E-state index contributed by atoms with van der Waals surface area (Å²) in [7, 11) is 1.56. The number of ether oxygens (including phenoxy) is 1. The summed E-state index contributed by atoms with van der Waals surface area (Å²) in [4.78, 5) is 39.7. The summed E-state index contributed by atoms with van der Waals surface area (Å²) in [6, 6.07) is 11.2. The number of nitrogens with zero attached hydrogens (tertiary/aromatic N) is 1. The van der Waals surface area contributed by atoms with Gasteiger partial charge in [0.2, 0.25) is 5.91 Å². The molecule has 7 nitrogen and oxygen atoms in total. The molecule has 2 amide bonds. The van der Waals surface area contributed by atoms with Crippen molar-refractivity contribution in [3.63, 3.8) is 0 Å². The van der Waals surface area contributed by atoms with Crippen molar-refractivity contribution >= 4 is 64.5 Å². The van der Waals surface area contributed by atoms with Gasteiger partial charge in [0.05, 0.1) is 18.6 Å². The van der Waals surface area contributed by atoms with Crippen molar-refractivity contribution in [3.8, 4) is 5.75 Å². The molecule has 0 saturated carbocycles. The van der Waals surface area contributed by atoms with Gasteiger partial charge in [0.25, 0.3) is 5.91 Å². The Bertz CT molecular complexity index is 1160. The number of benzene rings is 2. The zero-order valence-electron chi connectivity index (χ0n) is 17.2. The Morgan fingerprint density at radius 3 is 2.64 bits per heavy atom. The molecule has 2 atom stereocenters. The van der Waals surface area contributed by atoms with E-state index >= 15 is 0 Å². The molecule has 4 rings (SSSR count). The predicted molar refractivity (Wildman–Crippen MR) is 129 cm³/mol. The van der Waals surface area contributed by atoms with E-state index in [2.05, 4.69) is 5.32 Å². The molecule has 0 aliphatic carbocycles. The first-order valence-electron chi connectivity index (χ1n) is 9.75. The van der Waals surface area contributed by atoms with E-state index in [-0.39, 0.29) is 18.0 Å². The number of aliphatic carboxylic acids is 1. The van der Waals surface area contributed by atoms with Gasteiger partial charge >= 0.3 is 5.97 Å². The first-order chi connectivity index (χ1) is 15.8. The SMILES string of the molecule is COc1ccc(CC(=O)N[C@@H]2C(=O)N3C(C(=O)O)=C(Sc4cc(Cl)ccc4Cl)CS[C@H]23)cc1. The van der Waals surface area contributed by atoms with Crippen LogP contribution < -0.4 is 10.1 Å². The van der Waals surface area contributed by atoms with Gasteiger partial charge in [0, 0.05) is 20.6 Å². The van der Waals surface area contributed by atoms with E-state index in [1.165, 1.54) is 28.4 Å². The van der Waals surface area contributed by atoms with Crippen molar-refractivity contribution in [2.75, 3.05) is 12.9 Å². The Morgan fingerprint density at radius 2 is 1.97 bits per heavy atom. The summed E-state index contributed by atoms with van der Waals surface area (Å²) in [5, 5.41) is 13.0. The van der Waals surface area contributed by atoms with Crippen LogP contribution in [0.2, 0.25) is 10.0 Å². The summed E-state index contributed by atoms with van der Waals surface area (Å²) in [6.07, 6.45) is 0.0984. The number of β-lactam (4-membered cyclic amide) rings is 1. The number of fused-ring (bicyclic) bond motifs is 1. The van der Waals surface area contributed by atoms with Gasteiger partial charge in [-0.15, -0.1) is 11.8 Å². The molecule has 1 saturated heterocycles. The van der Waals surface area contributed by atoms with Crippen molar-refractivity contribution < 1.29 is 24.2 Å². The van der Waals surface area contributed by atoms with Gasteiger partial charge in [-0.2, -0.15) is 0 Å². The van der Waals surface area contributed by atoms with E-state index in [4.69, 9.17) is 27.9 Å². The number of carbonyl (C=O) groups is 3. The fraction of sp³-hybridized carbons (Fsp3) is 0.227. The highest BCUT2D eigenvalue weighted by molar-refractivity contribution is 8.06. The average Bonchev–Trinajstić information content (AvgIpc) is 2.79. The third-order valence-electron chi connectivity index (χ3n) is 5.10. The standard InChI is InChI=1S/C22H18Cl2N2O5S2/c1-31-13-5-2-11(3-6-13)8-17(27)25-18-20(28)26-19(22(29)30)16(10-32-21(18)26)33-15-9-12(23)4-7-14(15)24/h2-7,9,18,21H,8,10H2,1H3,(H,25,27)(H,29,30)/t18-,21-/m1/s1. The molecule has 0 radical (unpaired) electrons. The topological polar surface area (TPSA) is 95.9 Å². The lowest BCUT2D eigenvalue weighted by Crippen LogP contribution is -2.70. The Hall–Kier alpha value is -2.33. The third kappa shape index (κ3) is 4.96. The second-order valence-electron chi connectivity index (χ2n) is 7.23. The fourth-order valence-corrected chi connectivity index (χ4v) is 6.51. The number of halogens is 2. The zero-order chi connectivity index (χ0) is 23.7. The molecule has 2 heterocycles. The molecular formula is C22H18Cl2N2O5S2. The first-order valence-corrected chi connectivity index (χ1v) is 12.4. The maximum absolute atomic E-state index is 12.8. The average molecular weight is 525 g/mol. The number of carboxylic acids is 1. The molecule has 2 aliphatic heterocycles. The monoisotopic (exact) mass is 524 g/mol. The van der Waals surface area contributed by atoms with Gasteiger partial charge in [-0.05, 0) is 35.9 Å². The molecule has 2 aliphatic rings. The molecule has 172 valence electrons. The molecule has 2 aromatic rings. The van der Waals surface area contributed by atoms with E-state index in [1.807, 2.05) is 0 Å². The zero-order valence-corrected chi connectivity index (χ0v) is 20.4. The lowest BCUT2D eigenvalue weighted by molar-refractivity contribution is -0.150. The number of carbonyl (C=O) groups excluding carboxylic acids is 2. The number of methoxy groups -OCH3 is 1. The van der Waals surface area contributed by atoms with Gasteiger partial charge in [0.1, 0.15) is 22.9 Å². The number of thioether (sulfide) groups is 2. The van der Waals surface area contributed by atoms with E-state index < -0.39 is 23.3 Å². The van der Waals surface area contributed by atoms with Crippen molar-refractivity contribution in [2.24, 2.45) is 0 Å². The van der Waals surface area contributed by atoms with Gasteiger partial charge in [0.15, 0.2) is 0 Å². The maximum atomic E-state index is 12.8. The Morgan fingerprint density at radius 1 is 1.24 bits per heavy atom. The van der Waals surface area contributed by atoms with Crippen LogP contribution in [0, 0.1) is 0 Å². The molecule has 2 N–H and O–H groups in total. The Labute approximate surface area is 208 Å². The highest BCUT2D eigenvalue weighted by atomic mass is 35.5. The van der Waals surface area contributed by atoms with Crippen LogP contribution in [0.3, 0.4) is 0 Å². The highest BCUT2D eigenvalue weighted by Crippen LogP contribution is 2.46. The molecule has 1 fully saturated rings. The lowest BCUT2D eigenvalue weighted by Gasteiger charge is -2.49. The van der Waals surface area contributed by atoms with Crippen LogP contribution in [0.25, 0.3) is 0 Å².